The summed E-state index contributed by atoms with van der Waals surface area (Å²) in [7, 11) is 0. The van der Waals surface area contributed by atoms with Crippen molar-refractivity contribution < 1.29 is 0 Å². The van der Waals surface area contributed by atoms with Gasteiger partial charge >= 0.3 is 0 Å². The average Bonchev–Trinajstić information content (AvgIpc) is 2.53. The first-order chi connectivity index (χ1) is 9.81. The number of hydrogen-bond acceptors (Lipinski definition) is 3. The van der Waals surface area contributed by atoms with Gasteiger partial charge < -0.3 is 4.90 Å². The van der Waals surface area contributed by atoms with Crippen LogP contribution in [0.1, 0.15) is 18.9 Å². The molecule has 0 N–H and O–H groups in total. The van der Waals surface area contributed by atoms with Gasteiger partial charge in [0.15, 0.2) is 0 Å². The van der Waals surface area contributed by atoms with Gasteiger partial charge in [0.1, 0.15) is 5.82 Å². The van der Waals surface area contributed by atoms with Crippen molar-refractivity contribution in [1.29, 1.82) is 0 Å². The third kappa shape index (κ3) is 2.82. The third-order valence-corrected chi connectivity index (χ3v) is 5.79. The molecule has 2 heterocycles. The highest BCUT2D eigenvalue weighted by Gasteiger charge is 2.22. The Morgan fingerprint density at radius 2 is 2.25 bits per heavy atom. The highest BCUT2D eigenvalue weighted by atomic mass is 79.9. The van der Waals surface area contributed by atoms with E-state index in [0.717, 1.165) is 29.2 Å². The minimum absolute atomic E-state index is 0.736. The van der Waals surface area contributed by atoms with Crippen LogP contribution in [0.2, 0.25) is 0 Å². The lowest BCUT2D eigenvalue weighted by Crippen LogP contribution is -2.38. The molecule has 4 heteroatoms. The summed E-state index contributed by atoms with van der Waals surface area (Å²) in [5, 5.41) is 2.82. The summed E-state index contributed by atoms with van der Waals surface area (Å²) in [6, 6.07) is 10.7. The molecule has 2 nitrogen and oxygen atoms in total. The summed E-state index contributed by atoms with van der Waals surface area (Å²) >= 11 is 5.72. The molecule has 1 atom stereocenters. The van der Waals surface area contributed by atoms with E-state index in [2.05, 4.69) is 69.8 Å². The zero-order valence-corrected chi connectivity index (χ0v) is 14.1. The largest absolute Gasteiger partial charge is 0.354 e. The first-order valence-corrected chi connectivity index (χ1v) is 9.30. The zero-order valence-electron chi connectivity index (χ0n) is 11.7. The van der Waals surface area contributed by atoms with Gasteiger partial charge in [-0.05, 0) is 18.6 Å². The van der Waals surface area contributed by atoms with Crippen LogP contribution in [-0.4, -0.2) is 29.1 Å². The maximum absolute atomic E-state index is 4.93. The van der Waals surface area contributed by atoms with Crippen molar-refractivity contribution in [2.75, 3.05) is 23.7 Å². The Morgan fingerprint density at radius 1 is 1.40 bits per heavy atom. The first-order valence-electron chi connectivity index (χ1n) is 7.13. The molecule has 1 aliphatic rings. The predicted octanol–water partition coefficient (Wildman–Crippen LogP) is 4.46. The van der Waals surface area contributed by atoms with Crippen molar-refractivity contribution in [3.63, 3.8) is 0 Å². The van der Waals surface area contributed by atoms with Gasteiger partial charge in [-0.3, -0.25) is 0 Å². The second kappa shape index (κ2) is 6.35. The number of alkyl halides is 1. The second-order valence-corrected chi connectivity index (χ2v) is 7.11. The topological polar surface area (TPSA) is 16.1 Å². The molecule has 0 spiro atoms. The van der Waals surface area contributed by atoms with E-state index in [4.69, 9.17) is 4.98 Å². The summed E-state index contributed by atoms with van der Waals surface area (Å²) in [6.07, 6.45) is 1.23. The van der Waals surface area contributed by atoms with Gasteiger partial charge in [0.05, 0.1) is 5.52 Å². The van der Waals surface area contributed by atoms with Crippen LogP contribution in [-0.2, 0) is 5.33 Å². The van der Waals surface area contributed by atoms with E-state index in [9.17, 15) is 0 Å². The smallest absolute Gasteiger partial charge is 0.133 e. The Hall–Kier alpha value is -0.740. The van der Waals surface area contributed by atoms with Gasteiger partial charge in [-0.2, -0.15) is 11.8 Å². The van der Waals surface area contributed by atoms with E-state index in [0.29, 0.717) is 0 Å². The summed E-state index contributed by atoms with van der Waals surface area (Å²) in [5.74, 6) is 2.37. The molecule has 20 heavy (non-hydrogen) atoms. The number of para-hydroxylation sites is 1. The standard InChI is InChI=1S/C16H19BrN2S/c1-2-14-11-19(7-8-20-14)16-13(10-17)9-12-5-3-4-6-15(12)18-16/h3-6,9,14H,2,7-8,10-11H2,1H3. The van der Waals surface area contributed by atoms with Crippen molar-refractivity contribution in [1.82, 2.24) is 4.98 Å². The van der Waals surface area contributed by atoms with E-state index in [-0.39, 0.29) is 0 Å². The molecule has 1 aromatic heterocycles. The van der Waals surface area contributed by atoms with Gasteiger partial charge in [0.25, 0.3) is 0 Å². The Balaban J connectivity index is 2.00. The minimum Gasteiger partial charge on any atom is -0.354 e. The average molecular weight is 351 g/mol. The number of thioether (sulfide) groups is 1. The first kappa shape index (κ1) is 14.2. The van der Waals surface area contributed by atoms with Crippen molar-refractivity contribution >= 4 is 44.4 Å². The summed E-state index contributed by atoms with van der Waals surface area (Å²) in [5.41, 5.74) is 2.39. The molecule has 1 aromatic carbocycles. The molecule has 1 saturated heterocycles. The summed E-state index contributed by atoms with van der Waals surface area (Å²) < 4.78 is 0. The van der Waals surface area contributed by atoms with Crippen molar-refractivity contribution in [2.45, 2.75) is 23.9 Å². The Bertz CT molecular complexity index is 602. The number of halogens is 1. The molecule has 1 fully saturated rings. The number of fused-ring (bicyclic) bond motifs is 1. The molecule has 0 saturated carbocycles. The SMILES string of the molecule is CCC1CN(c2nc3ccccc3cc2CBr)CCS1. The van der Waals surface area contributed by atoms with Crippen LogP contribution >= 0.6 is 27.7 Å². The van der Waals surface area contributed by atoms with E-state index in [1.807, 2.05) is 0 Å². The molecule has 0 aliphatic carbocycles. The van der Waals surface area contributed by atoms with E-state index >= 15 is 0 Å². The number of nitrogens with zero attached hydrogens (tertiary/aromatic N) is 2. The number of benzene rings is 1. The fraction of sp³-hybridized carbons (Fsp3) is 0.438. The molecule has 106 valence electrons. The van der Waals surface area contributed by atoms with Gasteiger partial charge in [-0.15, -0.1) is 0 Å². The van der Waals surface area contributed by atoms with Crippen LogP contribution in [0, 0.1) is 0 Å². The van der Waals surface area contributed by atoms with E-state index < -0.39 is 0 Å². The number of hydrogen-bond donors (Lipinski definition) is 0. The van der Waals surface area contributed by atoms with E-state index in [1.165, 1.54) is 28.9 Å². The lowest BCUT2D eigenvalue weighted by atomic mass is 10.1. The minimum atomic E-state index is 0.736. The third-order valence-electron chi connectivity index (χ3n) is 3.82. The lowest BCUT2D eigenvalue weighted by Gasteiger charge is -2.34. The van der Waals surface area contributed by atoms with Crippen LogP contribution < -0.4 is 4.90 Å². The molecule has 0 amide bonds. The maximum Gasteiger partial charge on any atom is 0.133 e. The fourth-order valence-electron chi connectivity index (χ4n) is 2.68. The number of aromatic nitrogens is 1. The van der Waals surface area contributed by atoms with Crippen LogP contribution in [0.15, 0.2) is 30.3 Å². The van der Waals surface area contributed by atoms with Crippen LogP contribution in [0.25, 0.3) is 10.9 Å². The maximum atomic E-state index is 4.93. The highest BCUT2D eigenvalue weighted by Crippen LogP contribution is 2.30. The molecule has 0 radical (unpaired) electrons. The van der Waals surface area contributed by atoms with Crippen LogP contribution in [0.4, 0.5) is 5.82 Å². The molecule has 0 bridgehead atoms. The molecular formula is C16H19BrN2S. The predicted molar refractivity (Wildman–Crippen MR) is 93.1 cm³/mol. The van der Waals surface area contributed by atoms with Gasteiger partial charge in [0.2, 0.25) is 0 Å². The van der Waals surface area contributed by atoms with Crippen LogP contribution in [0.3, 0.4) is 0 Å². The molecule has 2 aromatic rings. The normalized spacial score (nSPS) is 19.5. The summed E-state index contributed by atoms with van der Waals surface area (Å²) in [6.45, 7) is 4.50. The fourth-order valence-corrected chi connectivity index (χ4v) is 4.27. The number of pyridine rings is 1. The molecular weight excluding hydrogens is 332 g/mol. The highest BCUT2D eigenvalue weighted by molar-refractivity contribution is 9.08. The number of rotatable bonds is 3. The van der Waals surface area contributed by atoms with Gasteiger partial charge in [-0.25, -0.2) is 4.98 Å². The Labute approximate surface area is 133 Å². The zero-order chi connectivity index (χ0) is 13.9. The quantitative estimate of drug-likeness (QED) is 0.760. The number of anilines is 1. The van der Waals surface area contributed by atoms with Crippen LogP contribution in [0.5, 0.6) is 0 Å². The second-order valence-electron chi connectivity index (χ2n) is 5.14. The Kier molecular flexibility index (Phi) is 4.51. The monoisotopic (exact) mass is 350 g/mol. The summed E-state index contributed by atoms with van der Waals surface area (Å²) in [4.78, 5) is 7.39. The molecule has 3 rings (SSSR count). The van der Waals surface area contributed by atoms with Crippen molar-refractivity contribution in [3.05, 3.63) is 35.9 Å². The van der Waals surface area contributed by atoms with Crippen molar-refractivity contribution in [2.24, 2.45) is 0 Å². The molecule has 1 aliphatic heterocycles. The molecule has 1 unspecified atom stereocenters. The lowest BCUT2D eigenvalue weighted by molar-refractivity contribution is 0.719. The van der Waals surface area contributed by atoms with Crippen molar-refractivity contribution in [3.8, 4) is 0 Å². The Morgan fingerprint density at radius 3 is 3.05 bits per heavy atom. The van der Waals surface area contributed by atoms with E-state index in [1.54, 1.807) is 0 Å². The van der Waals surface area contributed by atoms with Gasteiger partial charge in [-0.1, -0.05) is 41.1 Å². The van der Waals surface area contributed by atoms with Gasteiger partial charge in [0, 0.05) is 40.4 Å².